The zero-order chi connectivity index (χ0) is 11.5. The van der Waals surface area contributed by atoms with Crippen molar-refractivity contribution in [1.82, 2.24) is 0 Å². The van der Waals surface area contributed by atoms with Crippen molar-refractivity contribution in [2.75, 3.05) is 6.61 Å². The first-order chi connectivity index (χ1) is 7.66. The quantitative estimate of drug-likeness (QED) is 0.857. The molecule has 0 amide bonds. The second-order valence-electron chi connectivity index (χ2n) is 4.45. The van der Waals surface area contributed by atoms with Crippen LogP contribution in [0.5, 0.6) is 5.75 Å². The third-order valence-electron chi connectivity index (χ3n) is 2.97. The van der Waals surface area contributed by atoms with Gasteiger partial charge in [-0.25, -0.2) is 0 Å². The van der Waals surface area contributed by atoms with E-state index in [2.05, 4.69) is 0 Å². The van der Waals surface area contributed by atoms with Gasteiger partial charge in [-0.15, -0.1) is 0 Å². The fourth-order valence-corrected chi connectivity index (χ4v) is 2.01. The molecule has 1 saturated carbocycles. The van der Waals surface area contributed by atoms with Crippen LogP contribution in [0.25, 0.3) is 0 Å². The topological polar surface area (TPSA) is 29.5 Å². The Morgan fingerprint density at radius 1 is 1.50 bits per heavy atom. The summed E-state index contributed by atoms with van der Waals surface area (Å²) in [6.07, 6.45) is 2.86. The summed E-state index contributed by atoms with van der Waals surface area (Å²) in [5.41, 5.74) is 1.04. The molecule has 1 atom stereocenters. The molecule has 0 spiro atoms. The summed E-state index contributed by atoms with van der Waals surface area (Å²) in [5.74, 6) is 1.38. The van der Waals surface area contributed by atoms with Crippen molar-refractivity contribution in [1.29, 1.82) is 0 Å². The number of benzene rings is 1. The van der Waals surface area contributed by atoms with Gasteiger partial charge in [0.25, 0.3) is 0 Å². The van der Waals surface area contributed by atoms with Crippen molar-refractivity contribution in [3.05, 3.63) is 28.8 Å². The van der Waals surface area contributed by atoms with E-state index in [0.29, 0.717) is 18.9 Å². The van der Waals surface area contributed by atoms with Crippen molar-refractivity contribution in [3.8, 4) is 5.75 Å². The summed E-state index contributed by atoms with van der Waals surface area (Å²) in [4.78, 5) is 0. The van der Waals surface area contributed by atoms with Gasteiger partial charge in [-0.2, -0.15) is 0 Å². The first kappa shape index (κ1) is 11.7. The molecule has 0 saturated heterocycles. The van der Waals surface area contributed by atoms with Gasteiger partial charge < -0.3 is 9.84 Å². The second kappa shape index (κ2) is 5.07. The number of rotatable bonds is 5. The summed E-state index contributed by atoms with van der Waals surface area (Å²) in [6, 6.07) is 5.58. The Morgan fingerprint density at radius 3 is 2.88 bits per heavy atom. The molecule has 0 bridgehead atoms. The Bertz CT molecular complexity index is 361. The number of halogens is 1. The first-order valence-corrected chi connectivity index (χ1v) is 6.11. The lowest BCUT2D eigenvalue weighted by Gasteiger charge is -2.12. The van der Waals surface area contributed by atoms with Crippen LogP contribution in [0.1, 0.15) is 24.8 Å². The number of hydrogen-bond acceptors (Lipinski definition) is 2. The molecule has 1 aliphatic carbocycles. The number of hydrogen-bond donors (Lipinski definition) is 1. The van der Waals surface area contributed by atoms with Gasteiger partial charge in [-0.3, -0.25) is 0 Å². The SMILES string of the molecule is Cc1cc(Cl)ccc1OCCC(O)C1CC1. The fraction of sp³-hybridized carbons (Fsp3) is 0.538. The third kappa shape index (κ3) is 3.13. The van der Waals surface area contributed by atoms with Crippen LogP contribution in [-0.4, -0.2) is 17.8 Å². The Labute approximate surface area is 101 Å². The minimum atomic E-state index is -0.187. The lowest BCUT2D eigenvalue weighted by atomic mass is 10.2. The number of aliphatic hydroxyl groups excluding tert-OH is 1. The predicted molar refractivity (Wildman–Crippen MR) is 65.0 cm³/mol. The second-order valence-corrected chi connectivity index (χ2v) is 4.89. The molecule has 1 N–H and O–H groups in total. The van der Waals surface area contributed by atoms with Crippen molar-refractivity contribution in [3.63, 3.8) is 0 Å². The van der Waals surface area contributed by atoms with Crippen LogP contribution < -0.4 is 4.74 Å². The van der Waals surface area contributed by atoms with Gasteiger partial charge in [0, 0.05) is 11.4 Å². The number of aryl methyl sites for hydroxylation is 1. The van der Waals surface area contributed by atoms with Crippen molar-refractivity contribution < 1.29 is 9.84 Å². The molecule has 1 aliphatic rings. The lowest BCUT2D eigenvalue weighted by molar-refractivity contribution is 0.119. The largest absolute Gasteiger partial charge is 0.493 e. The molecule has 1 unspecified atom stereocenters. The standard InChI is InChI=1S/C13H17ClO2/c1-9-8-11(14)4-5-13(9)16-7-6-12(15)10-2-3-10/h4-5,8,10,12,15H,2-3,6-7H2,1H3. The minimum Gasteiger partial charge on any atom is -0.493 e. The third-order valence-corrected chi connectivity index (χ3v) is 3.21. The highest BCUT2D eigenvalue weighted by Gasteiger charge is 2.29. The van der Waals surface area contributed by atoms with E-state index in [-0.39, 0.29) is 6.10 Å². The molecule has 3 heteroatoms. The van der Waals surface area contributed by atoms with Crippen LogP contribution in [-0.2, 0) is 0 Å². The monoisotopic (exact) mass is 240 g/mol. The number of ether oxygens (including phenoxy) is 1. The molecule has 1 aromatic rings. The molecule has 0 heterocycles. The Kier molecular flexibility index (Phi) is 3.72. The highest BCUT2D eigenvalue weighted by atomic mass is 35.5. The van der Waals surface area contributed by atoms with E-state index in [0.717, 1.165) is 16.3 Å². The van der Waals surface area contributed by atoms with Crippen molar-refractivity contribution in [2.45, 2.75) is 32.3 Å². The Hall–Kier alpha value is -0.730. The maximum Gasteiger partial charge on any atom is 0.122 e. The van der Waals surface area contributed by atoms with Gasteiger partial charge >= 0.3 is 0 Å². The normalized spacial score (nSPS) is 17.2. The van der Waals surface area contributed by atoms with E-state index in [4.69, 9.17) is 16.3 Å². The van der Waals surface area contributed by atoms with Gasteiger partial charge in [0.2, 0.25) is 0 Å². The molecular weight excluding hydrogens is 224 g/mol. The minimum absolute atomic E-state index is 0.187. The van der Waals surface area contributed by atoms with Gasteiger partial charge in [-0.05, 0) is 49.4 Å². The van der Waals surface area contributed by atoms with E-state index >= 15 is 0 Å². The smallest absolute Gasteiger partial charge is 0.122 e. The molecule has 1 aromatic carbocycles. The molecule has 2 nitrogen and oxygen atoms in total. The van der Waals surface area contributed by atoms with Gasteiger partial charge in [-0.1, -0.05) is 11.6 Å². The molecule has 0 aliphatic heterocycles. The Morgan fingerprint density at radius 2 is 2.25 bits per heavy atom. The highest BCUT2D eigenvalue weighted by molar-refractivity contribution is 6.30. The zero-order valence-corrected chi connectivity index (χ0v) is 10.2. The predicted octanol–water partition coefficient (Wildman–Crippen LogP) is 3.19. The average molecular weight is 241 g/mol. The van der Waals surface area contributed by atoms with Crippen LogP contribution >= 0.6 is 11.6 Å². The summed E-state index contributed by atoms with van der Waals surface area (Å²) in [7, 11) is 0. The molecule has 0 aromatic heterocycles. The molecule has 0 radical (unpaired) electrons. The van der Waals surface area contributed by atoms with Gasteiger partial charge in [0.15, 0.2) is 0 Å². The van der Waals surface area contributed by atoms with E-state index in [1.165, 1.54) is 12.8 Å². The first-order valence-electron chi connectivity index (χ1n) is 5.74. The maximum absolute atomic E-state index is 9.68. The van der Waals surface area contributed by atoms with Crippen LogP contribution in [0.3, 0.4) is 0 Å². The maximum atomic E-state index is 9.68. The average Bonchev–Trinajstić information content (AvgIpc) is 3.04. The zero-order valence-electron chi connectivity index (χ0n) is 9.45. The summed E-state index contributed by atoms with van der Waals surface area (Å²) in [6.45, 7) is 2.54. The van der Waals surface area contributed by atoms with E-state index in [1.807, 2.05) is 25.1 Å². The van der Waals surface area contributed by atoms with Crippen LogP contribution in [0.4, 0.5) is 0 Å². The van der Waals surface area contributed by atoms with Crippen LogP contribution in [0.2, 0.25) is 5.02 Å². The van der Waals surface area contributed by atoms with Crippen molar-refractivity contribution in [2.24, 2.45) is 5.92 Å². The lowest BCUT2D eigenvalue weighted by Crippen LogP contribution is -2.14. The van der Waals surface area contributed by atoms with Gasteiger partial charge in [0.05, 0.1) is 12.7 Å². The molecule has 2 rings (SSSR count). The highest BCUT2D eigenvalue weighted by Crippen LogP contribution is 2.34. The Balaban J connectivity index is 1.80. The van der Waals surface area contributed by atoms with E-state index in [9.17, 15) is 5.11 Å². The van der Waals surface area contributed by atoms with Crippen LogP contribution in [0, 0.1) is 12.8 Å². The summed E-state index contributed by atoms with van der Waals surface area (Å²) >= 11 is 5.86. The summed E-state index contributed by atoms with van der Waals surface area (Å²) < 4.78 is 5.62. The molecule has 16 heavy (non-hydrogen) atoms. The van der Waals surface area contributed by atoms with Crippen LogP contribution in [0.15, 0.2) is 18.2 Å². The van der Waals surface area contributed by atoms with E-state index in [1.54, 1.807) is 0 Å². The summed E-state index contributed by atoms with van der Waals surface area (Å²) in [5, 5.41) is 10.4. The molecular formula is C13H17ClO2. The molecule has 88 valence electrons. The van der Waals surface area contributed by atoms with Crippen molar-refractivity contribution >= 4 is 11.6 Å². The number of aliphatic hydroxyl groups is 1. The van der Waals surface area contributed by atoms with Gasteiger partial charge in [0.1, 0.15) is 5.75 Å². The molecule has 1 fully saturated rings. The fourth-order valence-electron chi connectivity index (χ4n) is 1.78. The van der Waals surface area contributed by atoms with E-state index < -0.39 is 0 Å².